The van der Waals surface area contributed by atoms with E-state index < -0.39 is 4.65 Å². The van der Waals surface area contributed by atoms with E-state index >= 15 is 0 Å². The highest BCUT2D eigenvalue weighted by Crippen LogP contribution is 2.48. The van der Waals surface area contributed by atoms with E-state index in [1.807, 2.05) is 36.4 Å². The van der Waals surface area contributed by atoms with E-state index in [-0.39, 0.29) is 36.2 Å². The fourth-order valence-corrected chi connectivity index (χ4v) is 6.81. The van der Waals surface area contributed by atoms with E-state index in [2.05, 4.69) is 9.80 Å². The van der Waals surface area contributed by atoms with Crippen molar-refractivity contribution in [3.63, 3.8) is 0 Å². The summed E-state index contributed by atoms with van der Waals surface area (Å²) >= 11 is 0. The van der Waals surface area contributed by atoms with Gasteiger partial charge in [0.05, 0.1) is 6.54 Å². The second kappa shape index (κ2) is 11.3. The van der Waals surface area contributed by atoms with Crippen LogP contribution in [0, 0.1) is 16.8 Å². The number of anilines is 2. The van der Waals surface area contributed by atoms with Crippen LogP contribution in [0.2, 0.25) is 0 Å². The molecule has 0 saturated carbocycles. The molecule has 0 aliphatic carbocycles. The number of amides is 2. The molecule has 3 aromatic carbocycles. The molecule has 3 aliphatic heterocycles. The van der Waals surface area contributed by atoms with Gasteiger partial charge in [-0.2, -0.15) is 0 Å². The van der Waals surface area contributed by atoms with Gasteiger partial charge >= 0.3 is 6.03 Å². The van der Waals surface area contributed by atoms with Crippen molar-refractivity contribution in [1.82, 2.24) is 9.80 Å². The van der Waals surface area contributed by atoms with Crippen LogP contribution in [0.15, 0.2) is 72.8 Å². The Morgan fingerprint density at radius 2 is 1.65 bits per heavy atom. The van der Waals surface area contributed by atoms with Crippen molar-refractivity contribution < 1.29 is 18.2 Å². The standard InChI is InChI=1S/C32H36F2N4O2/c33-25-9-12-27(13-10-25)37-30-14-11-26(34)21-28(30)29-22-35(19-15-31(29)37)16-4-5-17-36-18-6-20-38(40,32(36)39)23-24-7-2-1-3-8-24/h1-3,7-14,21,29,31H,4-6,15-20,22-23H2/t29-,31+,38?/m0/s1. The van der Waals surface area contributed by atoms with E-state index in [0.717, 1.165) is 67.8 Å². The number of hydrogen-bond donors (Lipinski definition) is 0. The highest BCUT2D eigenvalue weighted by atomic mass is 19.1. The molecule has 40 heavy (non-hydrogen) atoms. The molecule has 8 heteroatoms. The van der Waals surface area contributed by atoms with E-state index in [1.54, 1.807) is 23.1 Å². The number of halogens is 2. The minimum absolute atomic E-state index is 0.171. The first kappa shape index (κ1) is 26.9. The lowest BCUT2D eigenvalue weighted by molar-refractivity contribution is -0.821. The monoisotopic (exact) mass is 546 g/mol. The fourth-order valence-electron chi connectivity index (χ4n) is 6.81. The molecule has 3 atom stereocenters. The summed E-state index contributed by atoms with van der Waals surface area (Å²) in [6, 6.07) is 21.0. The molecular weight excluding hydrogens is 510 g/mol. The highest BCUT2D eigenvalue weighted by Gasteiger charge is 2.42. The smallest absolute Gasteiger partial charge is 0.419 e. The number of benzene rings is 3. The minimum atomic E-state index is -0.806. The molecule has 2 fully saturated rings. The van der Waals surface area contributed by atoms with Crippen molar-refractivity contribution in [1.29, 1.82) is 0 Å². The predicted octanol–water partition coefficient (Wildman–Crippen LogP) is 6.40. The first-order chi connectivity index (χ1) is 19.4. The molecule has 0 radical (unpaired) electrons. The molecule has 0 aromatic heterocycles. The van der Waals surface area contributed by atoms with Crippen LogP contribution in [0.4, 0.5) is 25.0 Å². The Morgan fingerprint density at radius 3 is 2.45 bits per heavy atom. The lowest BCUT2D eigenvalue weighted by Gasteiger charge is -2.46. The van der Waals surface area contributed by atoms with Crippen molar-refractivity contribution in [2.45, 2.75) is 44.2 Å². The number of quaternary nitrogens is 1. The Bertz CT molecular complexity index is 1340. The van der Waals surface area contributed by atoms with Crippen LogP contribution in [-0.4, -0.2) is 65.8 Å². The Morgan fingerprint density at radius 1 is 0.900 bits per heavy atom. The van der Waals surface area contributed by atoms with Crippen molar-refractivity contribution in [2.24, 2.45) is 0 Å². The van der Waals surface area contributed by atoms with Gasteiger partial charge in [-0.05, 0) is 73.8 Å². The third-order valence-electron chi connectivity index (χ3n) is 8.75. The minimum Gasteiger partial charge on any atom is -0.624 e. The molecular formula is C32H36F2N4O2. The molecule has 3 aliphatic rings. The van der Waals surface area contributed by atoms with Gasteiger partial charge in [-0.3, -0.25) is 9.55 Å². The maximum absolute atomic E-state index is 14.3. The number of nitrogens with zero attached hydrogens (tertiary/aromatic N) is 4. The molecule has 3 aromatic rings. The van der Waals surface area contributed by atoms with E-state index in [9.17, 15) is 18.8 Å². The average molecular weight is 547 g/mol. The van der Waals surface area contributed by atoms with Gasteiger partial charge in [0.2, 0.25) is 0 Å². The molecule has 0 bridgehead atoms. The predicted molar refractivity (Wildman–Crippen MR) is 152 cm³/mol. The quantitative estimate of drug-likeness (QED) is 0.187. The molecule has 3 heterocycles. The van der Waals surface area contributed by atoms with Crippen molar-refractivity contribution in [3.05, 3.63) is 101 Å². The zero-order valence-corrected chi connectivity index (χ0v) is 22.7. The third-order valence-corrected chi connectivity index (χ3v) is 8.75. The number of fused-ring (bicyclic) bond motifs is 3. The fraction of sp³-hybridized carbons (Fsp3) is 0.406. The summed E-state index contributed by atoms with van der Waals surface area (Å²) in [5.74, 6) is -0.331. The van der Waals surface area contributed by atoms with Crippen molar-refractivity contribution in [2.75, 3.05) is 44.2 Å². The first-order valence-corrected chi connectivity index (χ1v) is 14.4. The average Bonchev–Trinajstić information content (AvgIpc) is 3.27. The van der Waals surface area contributed by atoms with Gasteiger partial charge < -0.3 is 15.0 Å². The summed E-state index contributed by atoms with van der Waals surface area (Å²) in [7, 11) is 0. The van der Waals surface area contributed by atoms with Crippen LogP contribution in [0.1, 0.15) is 42.7 Å². The molecule has 6 rings (SSSR count). The summed E-state index contributed by atoms with van der Waals surface area (Å²) in [6.45, 7) is 4.41. The summed E-state index contributed by atoms with van der Waals surface area (Å²) in [4.78, 5) is 19.5. The molecule has 1 unspecified atom stereocenters. The largest absolute Gasteiger partial charge is 0.624 e. The Balaban J connectivity index is 1.05. The zero-order valence-electron chi connectivity index (χ0n) is 22.7. The third kappa shape index (κ3) is 5.36. The van der Waals surface area contributed by atoms with Gasteiger partial charge in [0, 0.05) is 61.5 Å². The second-order valence-electron chi connectivity index (χ2n) is 11.4. The number of urea groups is 1. The van der Waals surface area contributed by atoms with Gasteiger partial charge in [-0.25, -0.2) is 13.6 Å². The van der Waals surface area contributed by atoms with Crippen molar-refractivity contribution >= 4 is 17.4 Å². The number of carbonyl (C=O) groups excluding carboxylic acids is 1. The molecule has 2 amide bonds. The van der Waals surface area contributed by atoms with Crippen LogP contribution >= 0.6 is 0 Å². The number of hydrogen-bond acceptors (Lipinski definition) is 4. The van der Waals surface area contributed by atoms with E-state index in [4.69, 9.17) is 0 Å². The van der Waals surface area contributed by atoms with Gasteiger partial charge in [-0.1, -0.05) is 30.3 Å². The molecule has 2 saturated heterocycles. The molecule has 6 nitrogen and oxygen atoms in total. The summed E-state index contributed by atoms with van der Waals surface area (Å²) < 4.78 is 27.1. The zero-order chi connectivity index (χ0) is 27.7. The van der Waals surface area contributed by atoms with E-state index in [1.165, 1.54) is 18.2 Å². The van der Waals surface area contributed by atoms with Crippen LogP contribution in [-0.2, 0) is 6.54 Å². The Kier molecular flexibility index (Phi) is 7.57. The topological polar surface area (TPSA) is 49.9 Å². The van der Waals surface area contributed by atoms with Crippen LogP contribution in [0.5, 0.6) is 0 Å². The normalized spacial score (nSPS) is 24.7. The lowest BCUT2D eigenvalue weighted by Crippen LogP contribution is -2.59. The van der Waals surface area contributed by atoms with Gasteiger partial charge in [0.25, 0.3) is 0 Å². The number of rotatable bonds is 8. The maximum atomic E-state index is 14.3. The first-order valence-electron chi connectivity index (χ1n) is 14.4. The van der Waals surface area contributed by atoms with Crippen LogP contribution in [0.25, 0.3) is 0 Å². The second-order valence-corrected chi connectivity index (χ2v) is 11.4. The number of likely N-dealkylation sites (tertiary alicyclic amines) is 1. The van der Waals surface area contributed by atoms with Gasteiger partial charge in [-0.15, -0.1) is 0 Å². The van der Waals surface area contributed by atoms with Gasteiger partial charge in [0.15, 0.2) is 0 Å². The number of unbranched alkanes of at least 4 members (excludes halogenated alkanes) is 1. The SMILES string of the molecule is O=C1N(CCCCN2CC[C@@H]3[C@@H](C2)c2cc(F)ccc2N3c2ccc(F)cc2)CCC[N+]1([O-])Cc1ccccc1. The van der Waals surface area contributed by atoms with Gasteiger partial charge in [0.1, 0.15) is 18.2 Å². The summed E-state index contributed by atoms with van der Waals surface area (Å²) in [6.07, 6.45) is 3.42. The number of hydroxylamine groups is 3. The van der Waals surface area contributed by atoms with E-state index in [0.29, 0.717) is 19.6 Å². The lowest BCUT2D eigenvalue weighted by atomic mass is 9.89. The van der Waals surface area contributed by atoms with Crippen LogP contribution < -0.4 is 4.90 Å². The molecule has 0 N–H and O–H groups in total. The molecule has 0 spiro atoms. The summed E-state index contributed by atoms with van der Waals surface area (Å²) in [5, 5.41) is 13.4. The Labute approximate surface area is 234 Å². The van der Waals surface area contributed by atoms with Crippen LogP contribution in [0.3, 0.4) is 0 Å². The summed E-state index contributed by atoms with van der Waals surface area (Å²) in [5.41, 5.74) is 3.84. The number of carbonyl (C=O) groups is 1. The Hall–Kier alpha value is -3.33. The molecule has 210 valence electrons. The maximum Gasteiger partial charge on any atom is 0.419 e. The van der Waals surface area contributed by atoms with Crippen molar-refractivity contribution in [3.8, 4) is 0 Å². The number of piperidine rings is 1. The highest BCUT2D eigenvalue weighted by molar-refractivity contribution is 5.73.